The molecule has 2 aliphatic rings. The van der Waals surface area contributed by atoms with E-state index in [0.29, 0.717) is 11.3 Å². The predicted molar refractivity (Wildman–Crippen MR) is 88.4 cm³/mol. The Kier molecular flexibility index (Phi) is 2.61. The van der Waals surface area contributed by atoms with Crippen LogP contribution in [0.5, 0.6) is 0 Å². The van der Waals surface area contributed by atoms with Crippen molar-refractivity contribution in [3.63, 3.8) is 0 Å². The molecule has 5 nitrogen and oxygen atoms in total. The fourth-order valence-corrected chi connectivity index (χ4v) is 3.54. The summed E-state index contributed by atoms with van der Waals surface area (Å²) in [6.45, 7) is 1.95. The van der Waals surface area contributed by atoms with Gasteiger partial charge >= 0.3 is 0 Å². The monoisotopic (exact) mass is 307 g/mol. The number of hydrogen-bond donors (Lipinski definition) is 1. The van der Waals surface area contributed by atoms with Crippen molar-refractivity contribution in [1.82, 2.24) is 4.90 Å². The molecule has 2 aliphatic heterocycles. The number of likely N-dealkylation sites (N-methyl/N-ethyl adjacent to an activating group) is 2. The van der Waals surface area contributed by atoms with Crippen LogP contribution >= 0.6 is 0 Å². The van der Waals surface area contributed by atoms with Gasteiger partial charge in [-0.25, -0.2) is 0 Å². The number of nitrogens with zero attached hydrogens (tertiary/aromatic N) is 2. The van der Waals surface area contributed by atoms with Crippen LogP contribution in [0.15, 0.2) is 42.5 Å². The van der Waals surface area contributed by atoms with E-state index in [0.717, 1.165) is 16.8 Å². The SMILES string of the molecule is Cc1ccc2c(c1)C(=O)N(C)C1(N2)C(=O)N(C)c2ccccc21. The van der Waals surface area contributed by atoms with E-state index in [4.69, 9.17) is 0 Å². The van der Waals surface area contributed by atoms with Crippen LogP contribution in [0.2, 0.25) is 0 Å². The van der Waals surface area contributed by atoms with Gasteiger partial charge < -0.3 is 15.1 Å². The van der Waals surface area contributed by atoms with E-state index in [9.17, 15) is 9.59 Å². The quantitative estimate of drug-likeness (QED) is 0.812. The summed E-state index contributed by atoms with van der Waals surface area (Å²) in [5.74, 6) is -0.304. The molecule has 1 unspecified atom stereocenters. The van der Waals surface area contributed by atoms with Gasteiger partial charge in [0.05, 0.1) is 11.3 Å². The molecule has 1 N–H and O–H groups in total. The average molecular weight is 307 g/mol. The minimum Gasteiger partial charge on any atom is -0.350 e. The summed E-state index contributed by atoms with van der Waals surface area (Å²) in [6.07, 6.45) is 0. The highest BCUT2D eigenvalue weighted by atomic mass is 16.2. The molecular formula is C18H17N3O2. The predicted octanol–water partition coefficient (Wildman–Crippen LogP) is 2.32. The number of carbonyl (C=O) groups excluding carboxylic acids is 2. The average Bonchev–Trinajstić information content (AvgIpc) is 2.77. The maximum Gasteiger partial charge on any atom is 0.278 e. The Morgan fingerprint density at radius 2 is 1.78 bits per heavy atom. The van der Waals surface area contributed by atoms with Gasteiger partial charge in [-0.2, -0.15) is 0 Å². The van der Waals surface area contributed by atoms with E-state index in [1.165, 1.54) is 4.90 Å². The first-order chi connectivity index (χ1) is 11.0. The van der Waals surface area contributed by atoms with Crippen LogP contribution in [0.1, 0.15) is 21.5 Å². The van der Waals surface area contributed by atoms with Gasteiger partial charge in [-0.05, 0) is 25.1 Å². The third kappa shape index (κ3) is 1.56. The number of hydrogen-bond acceptors (Lipinski definition) is 3. The van der Waals surface area contributed by atoms with Gasteiger partial charge in [0.25, 0.3) is 11.8 Å². The van der Waals surface area contributed by atoms with E-state index < -0.39 is 5.66 Å². The first-order valence-electron chi connectivity index (χ1n) is 7.51. The second-order valence-electron chi connectivity index (χ2n) is 6.13. The smallest absolute Gasteiger partial charge is 0.278 e. The van der Waals surface area contributed by atoms with Crippen molar-refractivity contribution in [2.75, 3.05) is 24.3 Å². The van der Waals surface area contributed by atoms with E-state index in [-0.39, 0.29) is 11.8 Å². The molecule has 2 aromatic rings. The molecular weight excluding hydrogens is 290 g/mol. The number of aryl methyl sites for hydroxylation is 1. The summed E-state index contributed by atoms with van der Waals surface area (Å²) >= 11 is 0. The lowest BCUT2D eigenvalue weighted by molar-refractivity contribution is -0.126. The lowest BCUT2D eigenvalue weighted by Gasteiger charge is -2.43. The van der Waals surface area contributed by atoms with Crippen molar-refractivity contribution in [3.8, 4) is 0 Å². The number of fused-ring (bicyclic) bond motifs is 3. The summed E-state index contributed by atoms with van der Waals surface area (Å²) in [5, 5.41) is 3.33. The van der Waals surface area contributed by atoms with Crippen molar-refractivity contribution >= 4 is 23.2 Å². The van der Waals surface area contributed by atoms with Crippen molar-refractivity contribution in [2.24, 2.45) is 0 Å². The van der Waals surface area contributed by atoms with E-state index in [2.05, 4.69) is 5.32 Å². The molecule has 0 aromatic heterocycles. The molecule has 4 rings (SSSR count). The highest BCUT2D eigenvalue weighted by Gasteiger charge is 2.56. The number of nitrogens with one attached hydrogen (secondary N) is 1. The van der Waals surface area contributed by atoms with Crippen molar-refractivity contribution in [2.45, 2.75) is 12.6 Å². The Bertz CT molecular complexity index is 861. The summed E-state index contributed by atoms with van der Waals surface area (Å²) in [5.41, 5.74) is 2.74. The van der Waals surface area contributed by atoms with Gasteiger partial charge in [-0.1, -0.05) is 29.8 Å². The van der Waals surface area contributed by atoms with Crippen LogP contribution in [0.4, 0.5) is 11.4 Å². The molecule has 116 valence electrons. The molecule has 2 amide bonds. The zero-order chi connectivity index (χ0) is 16.4. The molecule has 0 bridgehead atoms. The summed E-state index contributed by atoms with van der Waals surface area (Å²) in [4.78, 5) is 29.1. The molecule has 2 aromatic carbocycles. The van der Waals surface area contributed by atoms with Gasteiger partial charge in [0.1, 0.15) is 0 Å². The largest absolute Gasteiger partial charge is 0.350 e. The van der Waals surface area contributed by atoms with Gasteiger partial charge in [-0.3, -0.25) is 9.59 Å². The second kappa shape index (κ2) is 4.35. The van der Waals surface area contributed by atoms with Crippen LogP contribution < -0.4 is 10.2 Å². The van der Waals surface area contributed by atoms with Crippen LogP contribution in [0.3, 0.4) is 0 Å². The Morgan fingerprint density at radius 1 is 1.04 bits per heavy atom. The standard InChI is InChI=1S/C18H17N3O2/c1-11-8-9-14-12(10-11)16(22)21(3)18(19-14)13-6-4-5-7-15(13)20(2)17(18)23/h4-10,19H,1-3H3. The first-order valence-corrected chi connectivity index (χ1v) is 7.51. The Hall–Kier alpha value is -2.82. The van der Waals surface area contributed by atoms with Gasteiger partial charge in [0.2, 0.25) is 5.66 Å². The lowest BCUT2D eigenvalue weighted by Crippen LogP contribution is -2.60. The Morgan fingerprint density at radius 3 is 2.57 bits per heavy atom. The summed E-state index contributed by atoms with van der Waals surface area (Å²) in [6, 6.07) is 13.2. The molecule has 1 atom stereocenters. The second-order valence-corrected chi connectivity index (χ2v) is 6.13. The van der Waals surface area contributed by atoms with Crippen LogP contribution in [-0.4, -0.2) is 30.8 Å². The number of anilines is 2. The van der Waals surface area contributed by atoms with Gasteiger partial charge in [-0.15, -0.1) is 0 Å². The van der Waals surface area contributed by atoms with Gasteiger partial charge in [0.15, 0.2) is 0 Å². The number of carbonyl (C=O) groups is 2. The molecule has 0 aliphatic carbocycles. The lowest BCUT2D eigenvalue weighted by atomic mass is 9.93. The summed E-state index contributed by atoms with van der Waals surface area (Å²) in [7, 11) is 3.41. The molecule has 2 heterocycles. The number of benzene rings is 2. The van der Waals surface area contributed by atoms with Crippen LogP contribution in [0, 0.1) is 6.92 Å². The number of amides is 2. The van der Waals surface area contributed by atoms with Gasteiger partial charge in [0, 0.05) is 25.3 Å². The fraction of sp³-hybridized carbons (Fsp3) is 0.222. The molecule has 0 radical (unpaired) electrons. The van der Waals surface area contributed by atoms with Crippen molar-refractivity contribution in [1.29, 1.82) is 0 Å². The maximum absolute atomic E-state index is 13.0. The molecule has 23 heavy (non-hydrogen) atoms. The van der Waals surface area contributed by atoms with Crippen molar-refractivity contribution < 1.29 is 9.59 Å². The van der Waals surface area contributed by atoms with E-state index >= 15 is 0 Å². The Labute approximate surface area is 134 Å². The van der Waals surface area contributed by atoms with E-state index in [1.54, 1.807) is 19.0 Å². The van der Waals surface area contributed by atoms with Crippen molar-refractivity contribution in [3.05, 3.63) is 59.2 Å². The normalized spacial score (nSPS) is 22.2. The van der Waals surface area contributed by atoms with E-state index in [1.807, 2.05) is 49.4 Å². The zero-order valence-electron chi connectivity index (χ0n) is 13.3. The summed E-state index contributed by atoms with van der Waals surface area (Å²) < 4.78 is 0. The highest BCUT2D eigenvalue weighted by Crippen LogP contribution is 2.46. The topological polar surface area (TPSA) is 52.7 Å². The third-order valence-electron chi connectivity index (χ3n) is 4.80. The molecule has 0 saturated carbocycles. The first kappa shape index (κ1) is 13.8. The molecule has 5 heteroatoms. The Balaban J connectivity index is 1.98. The number of rotatable bonds is 0. The fourth-order valence-electron chi connectivity index (χ4n) is 3.54. The van der Waals surface area contributed by atoms with Crippen LogP contribution in [-0.2, 0) is 10.5 Å². The minimum absolute atomic E-state index is 0.152. The third-order valence-corrected chi connectivity index (χ3v) is 4.80. The highest BCUT2D eigenvalue weighted by molar-refractivity contribution is 6.14. The number of para-hydroxylation sites is 1. The maximum atomic E-state index is 13.0. The molecule has 1 spiro atoms. The zero-order valence-corrected chi connectivity index (χ0v) is 13.3. The minimum atomic E-state index is -1.18. The molecule has 0 saturated heterocycles. The molecule has 0 fully saturated rings. The van der Waals surface area contributed by atoms with Crippen LogP contribution in [0.25, 0.3) is 0 Å².